The Kier molecular flexibility index (Phi) is 4.11. The number of ether oxygens (including phenoxy) is 2. The van der Waals surface area contributed by atoms with Crippen LogP contribution in [-0.2, 0) is 19.9 Å². The molecule has 128 valence electrons. The van der Waals surface area contributed by atoms with Crippen molar-refractivity contribution in [2.24, 2.45) is 5.92 Å². The molecule has 0 bridgehead atoms. The summed E-state index contributed by atoms with van der Waals surface area (Å²) in [5, 5.41) is 2.71. The van der Waals surface area contributed by atoms with Crippen molar-refractivity contribution in [2.45, 2.75) is 50.9 Å². The third kappa shape index (κ3) is 3.03. The third-order valence-electron chi connectivity index (χ3n) is 4.38. The molecular formula is C19H23NO4. The van der Waals surface area contributed by atoms with Crippen molar-refractivity contribution in [3.05, 3.63) is 48.0 Å². The van der Waals surface area contributed by atoms with Gasteiger partial charge in [0.25, 0.3) is 0 Å². The highest BCUT2D eigenvalue weighted by Crippen LogP contribution is 2.47. The fourth-order valence-electron chi connectivity index (χ4n) is 3.45. The molecule has 1 amide bonds. The first-order valence-corrected chi connectivity index (χ1v) is 8.27. The highest BCUT2D eigenvalue weighted by molar-refractivity contribution is 5.85. The van der Waals surface area contributed by atoms with Crippen molar-refractivity contribution in [3.8, 4) is 0 Å². The number of nitrogens with one attached hydrogen (secondary N) is 1. The van der Waals surface area contributed by atoms with Gasteiger partial charge in [-0.05, 0) is 45.3 Å². The fraction of sp³-hybridized carbons (Fsp3) is 0.474. The van der Waals surface area contributed by atoms with Gasteiger partial charge in [0.1, 0.15) is 11.6 Å². The van der Waals surface area contributed by atoms with Crippen molar-refractivity contribution < 1.29 is 19.1 Å². The first-order valence-electron chi connectivity index (χ1n) is 8.27. The van der Waals surface area contributed by atoms with Crippen molar-refractivity contribution in [1.82, 2.24) is 5.32 Å². The molecule has 1 aliphatic carbocycles. The number of hydrogen-bond donors (Lipinski definition) is 1. The number of carbonyl (C=O) groups excluding carboxylic acids is 2. The number of esters is 1. The van der Waals surface area contributed by atoms with E-state index in [1.165, 1.54) is 0 Å². The molecule has 0 saturated carbocycles. The summed E-state index contributed by atoms with van der Waals surface area (Å²) >= 11 is 0. The minimum Gasteiger partial charge on any atom is -0.448 e. The van der Waals surface area contributed by atoms with Gasteiger partial charge in [0.2, 0.25) is 0 Å². The molecule has 1 heterocycles. The zero-order valence-electron chi connectivity index (χ0n) is 14.2. The predicted octanol–water partition coefficient (Wildman–Crippen LogP) is 3.30. The van der Waals surface area contributed by atoms with Crippen LogP contribution >= 0.6 is 0 Å². The Bertz CT molecular complexity index is 662. The maximum atomic E-state index is 12.5. The molecule has 1 aromatic rings. The van der Waals surface area contributed by atoms with Crippen LogP contribution in [0.1, 0.15) is 39.2 Å². The molecule has 5 nitrogen and oxygen atoms in total. The van der Waals surface area contributed by atoms with E-state index in [-0.39, 0.29) is 5.92 Å². The molecule has 1 fully saturated rings. The van der Waals surface area contributed by atoms with Crippen molar-refractivity contribution in [1.29, 1.82) is 0 Å². The van der Waals surface area contributed by atoms with E-state index in [1.54, 1.807) is 20.8 Å². The minimum absolute atomic E-state index is 0.148. The molecule has 0 unspecified atom stereocenters. The zero-order chi connectivity index (χ0) is 17.4. The molecule has 3 rings (SSSR count). The van der Waals surface area contributed by atoms with Crippen LogP contribution in [-0.4, -0.2) is 23.7 Å². The summed E-state index contributed by atoms with van der Waals surface area (Å²) in [6.45, 7) is 5.37. The second kappa shape index (κ2) is 5.96. The van der Waals surface area contributed by atoms with Crippen LogP contribution in [0.4, 0.5) is 4.79 Å². The Morgan fingerprint density at radius 3 is 2.67 bits per heavy atom. The molecule has 2 aliphatic rings. The van der Waals surface area contributed by atoms with Crippen LogP contribution < -0.4 is 5.32 Å². The lowest BCUT2D eigenvalue weighted by Gasteiger charge is -2.35. The van der Waals surface area contributed by atoms with Crippen molar-refractivity contribution >= 4 is 12.1 Å². The molecular weight excluding hydrogens is 306 g/mol. The normalized spacial score (nSPS) is 28.9. The summed E-state index contributed by atoms with van der Waals surface area (Å²) in [5.74, 6) is -0.564. The first-order chi connectivity index (χ1) is 11.3. The van der Waals surface area contributed by atoms with Crippen molar-refractivity contribution in [2.75, 3.05) is 0 Å². The number of carbonyl (C=O) groups is 2. The number of allylic oxidation sites excluding steroid dienone is 1. The standard InChI is InChI=1S/C19H23NO4/c1-18(2,3)24-17(22)20-15-14-11-7-8-12-19(14,23-16(15)21)13-9-5-4-6-10-13/h4-6,8-10,12,14-15H,7,11H2,1-3H3,(H,20,22)/t14-,15+,19+/m0/s1. The van der Waals surface area contributed by atoms with Crippen LogP contribution in [0.5, 0.6) is 0 Å². The molecule has 1 saturated heterocycles. The quantitative estimate of drug-likeness (QED) is 0.668. The topological polar surface area (TPSA) is 64.6 Å². The average Bonchev–Trinajstić information content (AvgIpc) is 2.80. The number of alkyl carbamates (subject to hydrolysis) is 1. The van der Waals surface area contributed by atoms with Gasteiger partial charge in [-0.15, -0.1) is 0 Å². The molecule has 0 aromatic heterocycles. The number of rotatable bonds is 2. The summed E-state index contributed by atoms with van der Waals surface area (Å²) in [6.07, 6.45) is 5.00. The number of benzene rings is 1. The predicted molar refractivity (Wildman–Crippen MR) is 89.2 cm³/mol. The average molecular weight is 329 g/mol. The SMILES string of the molecule is CC(C)(C)OC(=O)N[C@H]1C(=O)O[C@@]2(c3ccccc3)C=CCC[C@@H]12. The fourth-order valence-corrected chi connectivity index (χ4v) is 3.45. The molecule has 24 heavy (non-hydrogen) atoms. The van der Waals surface area contributed by atoms with E-state index in [4.69, 9.17) is 9.47 Å². The summed E-state index contributed by atoms with van der Waals surface area (Å²) in [6, 6.07) is 8.97. The molecule has 0 radical (unpaired) electrons. The van der Waals surface area contributed by atoms with E-state index in [0.29, 0.717) is 0 Å². The van der Waals surface area contributed by atoms with E-state index >= 15 is 0 Å². The maximum Gasteiger partial charge on any atom is 0.408 e. The first kappa shape index (κ1) is 16.6. The summed E-state index contributed by atoms with van der Waals surface area (Å²) in [5.41, 5.74) is -0.501. The zero-order valence-corrected chi connectivity index (χ0v) is 14.2. The number of amides is 1. The van der Waals surface area contributed by atoms with E-state index in [2.05, 4.69) is 5.32 Å². The Labute approximate surface area is 142 Å². The van der Waals surface area contributed by atoms with Gasteiger partial charge in [-0.3, -0.25) is 0 Å². The Morgan fingerprint density at radius 1 is 1.29 bits per heavy atom. The van der Waals surface area contributed by atoms with Gasteiger partial charge < -0.3 is 14.8 Å². The Morgan fingerprint density at radius 2 is 2.00 bits per heavy atom. The van der Waals surface area contributed by atoms with Crippen LogP contribution in [0.15, 0.2) is 42.5 Å². The van der Waals surface area contributed by atoms with Crippen LogP contribution in [0.2, 0.25) is 0 Å². The van der Waals surface area contributed by atoms with Crippen LogP contribution in [0, 0.1) is 5.92 Å². The monoisotopic (exact) mass is 329 g/mol. The smallest absolute Gasteiger partial charge is 0.408 e. The van der Waals surface area contributed by atoms with Gasteiger partial charge in [0, 0.05) is 5.92 Å². The van der Waals surface area contributed by atoms with Gasteiger partial charge in [-0.2, -0.15) is 0 Å². The van der Waals surface area contributed by atoms with E-state index < -0.39 is 29.3 Å². The second-order valence-corrected chi connectivity index (χ2v) is 7.29. The highest BCUT2D eigenvalue weighted by atomic mass is 16.6. The van der Waals surface area contributed by atoms with Crippen LogP contribution in [0.25, 0.3) is 0 Å². The molecule has 0 spiro atoms. The second-order valence-electron chi connectivity index (χ2n) is 7.29. The summed E-state index contributed by atoms with van der Waals surface area (Å²) < 4.78 is 11.1. The van der Waals surface area contributed by atoms with Gasteiger partial charge in [0.15, 0.2) is 5.60 Å². The number of fused-ring (bicyclic) bond motifs is 1. The molecule has 1 N–H and O–H groups in total. The summed E-state index contributed by atoms with van der Waals surface area (Å²) in [4.78, 5) is 24.6. The Hall–Kier alpha value is -2.30. The van der Waals surface area contributed by atoms with Gasteiger partial charge in [0.05, 0.1) is 0 Å². The molecule has 1 aromatic carbocycles. The number of hydrogen-bond acceptors (Lipinski definition) is 4. The van der Waals surface area contributed by atoms with Crippen molar-refractivity contribution in [3.63, 3.8) is 0 Å². The highest BCUT2D eigenvalue weighted by Gasteiger charge is 2.56. The minimum atomic E-state index is -0.809. The molecule has 1 aliphatic heterocycles. The Balaban J connectivity index is 1.87. The van der Waals surface area contributed by atoms with Gasteiger partial charge in [-0.1, -0.05) is 36.4 Å². The molecule has 3 atom stereocenters. The van der Waals surface area contributed by atoms with Gasteiger partial charge in [-0.25, -0.2) is 9.59 Å². The summed E-state index contributed by atoms with van der Waals surface area (Å²) in [7, 11) is 0. The molecule has 5 heteroatoms. The largest absolute Gasteiger partial charge is 0.448 e. The lowest BCUT2D eigenvalue weighted by Crippen LogP contribution is -2.47. The van der Waals surface area contributed by atoms with E-state index in [1.807, 2.05) is 42.5 Å². The van der Waals surface area contributed by atoms with Crippen LogP contribution in [0.3, 0.4) is 0 Å². The maximum absolute atomic E-state index is 12.5. The lowest BCUT2D eigenvalue weighted by molar-refractivity contribution is -0.147. The van der Waals surface area contributed by atoms with E-state index in [9.17, 15) is 9.59 Å². The third-order valence-corrected chi connectivity index (χ3v) is 4.38. The van der Waals surface area contributed by atoms with E-state index in [0.717, 1.165) is 18.4 Å². The van der Waals surface area contributed by atoms with Gasteiger partial charge >= 0.3 is 12.1 Å². The lowest BCUT2D eigenvalue weighted by atomic mass is 9.74.